The van der Waals surface area contributed by atoms with E-state index in [0.29, 0.717) is 27.5 Å². The summed E-state index contributed by atoms with van der Waals surface area (Å²) in [7, 11) is 0. The third kappa shape index (κ3) is 2.46. The van der Waals surface area contributed by atoms with Gasteiger partial charge in [0.15, 0.2) is 5.69 Å². The molecule has 0 bridgehead atoms. The van der Waals surface area contributed by atoms with E-state index in [4.69, 9.17) is 10.8 Å². The lowest BCUT2D eigenvalue weighted by molar-refractivity contribution is -0.436. The molecule has 0 aliphatic carbocycles. The lowest BCUT2D eigenvalue weighted by Gasteiger charge is -2.04. The fourth-order valence-electron chi connectivity index (χ4n) is 1.56. The molecule has 18 heavy (non-hydrogen) atoms. The van der Waals surface area contributed by atoms with Crippen molar-refractivity contribution in [2.24, 2.45) is 5.11 Å². The Balaban J connectivity index is 2.42. The average Bonchev–Trinajstić information content (AvgIpc) is 2.41. The number of benzene rings is 2. The van der Waals surface area contributed by atoms with E-state index < -0.39 is 0 Å². The van der Waals surface area contributed by atoms with Crippen molar-refractivity contribution in [3.8, 4) is 0 Å². The highest BCUT2D eigenvalue weighted by molar-refractivity contribution is 5.61. The number of aliphatic hydroxyl groups is 1. The second-order valence-corrected chi connectivity index (χ2v) is 3.72. The topological polar surface area (TPSA) is 84.7 Å². The minimum absolute atomic E-state index is 0.214. The van der Waals surface area contributed by atoms with Gasteiger partial charge in [0.1, 0.15) is 0 Å². The zero-order chi connectivity index (χ0) is 13.0. The van der Waals surface area contributed by atoms with Crippen LogP contribution < -0.4 is 5.73 Å². The van der Waals surface area contributed by atoms with Crippen molar-refractivity contribution in [1.29, 1.82) is 0 Å². The maximum Gasteiger partial charge on any atom is 0.250 e. The highest BCUT2D eigenvalue weighted by Crippen LogP contribution is 2.25. The first-order chi connectivity index (χ1) is 8.72. The summed E-state index contributed by atoms with van der Waals surface area (Å²) in [5.41, 5.74) is 7.37. The Morgan fingerprint density at radius 1 is 1.11 bits per heavy atom. The molecule has 0 amide bonds. The molecule has 2 rings (SSSR count). The first kappa shape index (κ1) is 12.1. The summed E-state index contributed by atoms with van der Waals surface area (Å²) in [4.78, 5) is 0.469. The van der Waals surface area contributed by atoms with Crippen LogP contribution in [0.25, 0.3) is 0 Å². The smallest absolute Gasteiger partial charge is 0.250 e. The first-order valence-corrected chi connectivity index (χ1v) is 5.44. The summed E-state index contributed by atoms with van der Waals surface area (Å²) in [5, 5.41) is 25.0. The van der Waals surface area contributed by atoms with Gasteiger partial charge in [0.2, 0.25) is 5.69 Å². The van der Waals surface area contributed by atoms with E-state index in [-0.39, 0.29) is 6.61 Å². The van der Waals surface area contributed by atoms with Crippen molar-refractivity contribution in [1.82, 2.24) is 0 Å². The molecule has 0 saturated heterocycles. The van der Waals surface area contributed by atoms with Crippen molar-refractivity contribution in [3.63, 3.8) is 0 Å². The zero-order valence-electron chi connectivity index (χ0n) is 9.65. The number of aliphatic hydroxyl groups excluding tert-OH is 1. The van der Waals surface area contributed by atoms with E-state index in [2.05, 4.69) is 5.11 Å². The van der Waals surface area contributed by atoms with Gasteiger partial charge in [0.25, 0.3) is 0 Å². The minimum atomic E-state index is -0.214. The van der Waals surface area contributed by atoms with E-state index in [1.807, 2.05) is 0 Å². The van der Waals surface area contributed by atoms with Gasteiger partial charge in [-0.15, -0.1) is 0 Å². The molecule has 0 unspecified atom stereocenters. The van der Waals surface area contributed by atoms with Crippen molar-refractivity contribution in [3.05, 3.63) is 59.3 Å². The van der Waals surface area contributed by atoms with Crippen LogP contribution in [0.1, 0.15) is 5.56 Å². The Morgan fingerprint density at radius 2 is 1.78 bits per heavy atom. The SMILES string of the molecule is Nc1ccccc1N=[N+]([O-])c1ccccc1CO. The van der Waals surface area contributed by atoms with Gasteiger partial charge in [-0.25, -0.2) is 0 Å². The molecule has 0 aliphatic heterocycles. The second kappa shape index (κ2) is 5.29. The van der Waals surface area contributed by atoms with E-state index in [9.17, 15) is 5.21 Å². The Hall–Kier alpha value is -2.40. The number of azo groups is 1. The van der Waals surface area contributed by atoms with Gasteiger partial charge in [-0.3, -0.25) is 0 Å². The fraction of sp³-hybridized carbons (Fsp3) is 0.0769. The second-order valence-electron chi connectivity index (χ2n) is 3.72. The maximum absolute atomic E-state index is 11.9. The van der Waals surface area contributed by atoms with Gasteiger partial charge in [-0.05, 0) is 23.1 Å². The van der Waals surface area contributed by atoms with Crippen molar-refractivity contribution >= 4 is 17.1 Å². The fourth-order valence-corrected chi connectivity index (χ4v) is 1.56. The van der Waals surface area contributed by atoms with Gasteiger partial charge in [0.05, 0.1) is 17.9 Å². The number of hydrogen-bond acceptors (Lipinski definition) is 4. The van der Waals surface area contributed by atoms with Gasteiger partial charge >= 0.3 is 0 Å². The van der Waals surface area contributed by atoms with Crippen LogP contribution in [0.2, 0.25) is 0 Å². The van der Waals surface area contributed by atoms with Crippen LogP contribution in [-0.2, 0) is 6.61 Å². The largest absolute Gasteiger partial charge is 0.594 e. The molecule has 92 valence electrons. The van der Waals surface area contributed by atoms with Crippen LogP contribution in [0.3, 0.4) is 0 Å². The third-order valence-electron chi connectivity index (χ3n) is 2.50. The van der Waals surface area contributed by atoms with Crippen LogP contribution in [0.5, 0.6) is 0 Å². The van der Waals surface area contributed by atoms with Gasteiger partial charge in [-0.2, -0.15) is 0 Å². The molecule has 5 heteroatoms. The van der Waals surface area contributed by atoms with Crippen LogP contribution >= 0.6 is 0 Å². The summed E-state index contributed by atoms with van der Waals surface area (Å²) >= 11 is 0. The van der Waals surface area contributed by atoms with Crippen molar-refractivity contribution < 1.29 is 9.97 Å². The number of nitrogen functional groups attached to an aromatic ring is 1. The molecule has 0 heterocycles. The van der Waals surface area contributed by atoms with E-state index in [1.54, 1.807) is 48.5 Å². The highest BCUT2D eigenvalue weighted by Gasteiger charge is 2.10. The van der Waals surface area contributed by atoms with Gasteiger partial charge in [-0.1, -0.05) is 24.3 Å². The van der Waals surface area contributed by atoms with Crippen LogP contribution in [0, 0.1) is 5.21 Å². The molecular weight excluding hydrogens is 230 g/mol. The molecule has 0 radical (unpaired) electrons. The highest BCUT2D eigenvalue weighted by atomic mass is 16.5. The summed E-state index contributed by atoms with van der Waals surface area (Å²) in [6.07, 6.45) is 0. The number of nitrogens with two attached hydrogens (primary N) is 1. The van der Waals surface area contributed by atoms with Crippen LogP contribution in [-0.4, -0.2) is 9.97 Å². The number of para-hydroxylation sites is 2. The van der Waals surface area contributed by atoms with E-state index >= 15 is 0 Å². The lowest BCUT2D eigenvalue weighted by Crippen LogP contribution is -1.97. The van der Waals surface area contributed by atoms with Gasteiger partial charge < -0.3 is 16.0 Å². The summed E-state index contributed by atoms with van der Waals surface area (Å²) < 4.78 is 0. The van der Waals surface area contributed by atoms with E-state index in [1.165, 1.54) is 0 Å². The predicted molar refractivity (Wildman–Crippen MR) is 68.6 cm³/mol. The van der Waals surface area contributed by atoms with Crippen molar-refractivity contribution in [2.75, 3.05) is 5.73 Å². The molecule has 5 nitrogen and oxygen atoms in total. The molecule has 2 aromatic rings. The molecule has 0 spiro atoms. The number of nitrogens with zero attached hydrogens (tertiary/aromatic N) is 2. The van der Waals surface area contributed by atoms with Crippen molar-refractivity contribution in [2.45, 2.75) is 6.61 Å². The Bertz CT molecular complexity index is 582. The standard InChI is InChI=1S/C13H13N3O2/c14-11-6-2-3-7-12(11)15-16(18)13-8-4-1-5-10(13)9-17/h1-8,17H,9,14H2. The quantitative estimate of drug-likeness (QED) is 0.376. The summed E-state index contributed by atoms with van der Waals surface area (Å²) in [6.45, 7) is -0.214. The Morgan fingerprint density at radius 3 is 2.50 bits per heavy atom. The molecule has 0 aliphatic rings. The normalized spacial score (nSPS) is 11.5. The van der Waals surface area contributed by atoms with Crippen LogP contribution in [0.15, 0.2) is 53.6 Å². The van der Waals surface area contributed by atoms with Gasteiger partial charge in [0, 0.05) is 11.2 Å². The molecular formula is C13H13N3O2. The number of hydrogen-bond donors (Lipinski definition) is 2. The Labute approximate surface area is 104 Å². The lowest BCUT2D eigenvalue weighted by atomic mass is 10.2. The monoisotopic (exact) mass is 243 g/mol. The molecule has 3 N–H and O–H groups in total. The molecule has 0 saturated carbocycles. The predicted octanol–water partition coefficient (Wildman–Crippen LogP) is 2.69. The van der Waals surface area contributed by atoms with E-state index in [0.717, 1.165) is 0 Å². The number of rotatable bonds is 3. The minimum Gasteiger partial charge on any atom is -0.594 e. The third-order valence-corrected chi connectivity index (χ3v) is 2.50. The number of anilines is 1. The first-order valence-electron chi connectivity index (χ1n) is 5.44. The van der Waals surface area contributed by atoms with Crippen LogP contribution in [0.4, 0.5) is 17.1 Å². The maximum atomic E-state index is 11.9. The zero-order valence-corrected chi connectivity index (χ0v) is 9.65. The Kier molecular flexibility index (Phi) is 3.54. The molecule has 0 fully saturated rings. The average molecular weight is 243 g/mol. The summed E-state index contributed by atoms with van der Waals surface area (Å²) in [5.74, 6) is 0. The summed E-state index contributed by atoms with van der Waals surface area (Å²) in [6, 6.07) is 13.6. The molecule has 0 aromatic heterocycles. The molecule has 0 atom stereocenters. The molecule has 2 aromatic carbocycles.